The van der Waals surface area contributed by atoms with Crippen molar-refractivity contribution in [2.45, 2.75) is 0 Å². The van der Waals surface area contributed by atoms with Gasteiger partial charge in [0.25, 0.3) is 0 Å². The molecular formula is C8H4ClFN2O2. The van der Waals surface area contributed by atoms with E-state index in [0.29, 0.717) is 0 Å². The number of hydrogen-bond donors (Lipinski definition) is 1. The topological polar surface area (TPSA) is 59.8 Å². The fourth-order valence-corrected chi connectivity index (χ4v) is 1.29. The van der Waals surface area contributed by atoms with Crippen LogP contribution in [0, 0.1) is 11.0 Å². The van der Waals surface area contributed by atoms with Crippen LogP contribution in [0.2, 0.25) is 5.15 Å². The fourth-order valence-electron chi connectivity index (χ4n) is 1.15. The second-order valence-corrected chi connectivity index (χ2v) is 3.06. The highest BCUT2D eigenvalue weighted by atomic mass is 35.5. The first-order chi connectivity index (χ1) is 6.59. The SMILES string of the molecule is O=c1[nH]c2ccc(F)cc2[n+]([O-])c1Cl. The predicted molar refractivity (Wildman–Crippen MR) is 48.5 cm³/mol. The molecule has 0 spiro atoms. The first kappa shape index (κ1) is 8.96. The smallest absolute Gasteiger partial charge is 0.352 e. The third-order valence-electron chi connectivity index (χ3n) is 1.79. The molecule has 14 heavy (non-hydrogen) atoms. The third-order valence-corrected chi connectivity index (χ3v) is 2.12. The molecular weight excluding hydrogens is 211 g/mol. The van der Waals surface area contributed by atoms with E-state index in [2.05, 4.69) is 4.98 Å². The molecule has 0 atom stereocenters. The first-order valence-corrected chi connectivity index (χ1v) is 4.08. The van der Waals surface area contributed by atoms with Crippen molar-refractivity contribution in [2.75, 3.05) is 0 Å². The van der Waals surface area contributed by atoms with E-state index in [1.165, 1.54) is 6.07 Å². The highest BCUT2D eigenvalue weighted by Crippen LogP contribution is 2.09. The van der Waals surface area contributed by atoms with Crippen molar-refractivity contribution < 1.29 is 9.12 Å². The van der Waals surface area contributed by atoms with E-state index in [0.717, 1.165) is 12.1 Å². The summed E-state index contributed by atoms with van der Waals surface area (Å²) in [5.41, 5.74) is -0.453. The van der Waals surface area contributed by atoms with Gasteiger partial charge in [-0.05, 0) is 23.7 Å². The lowest BCUT2D eigenvalue weighted by Gasteiger charge is -2.01. The van der Waals surface area contributed by atoms with Gasteiger partial charge in [-0.15, -0.1) is 4.73 Å². The normalized spacial score (nSPS) is 10.7. The Balaban J connectivity index is 2.99. The molecule has 0 radical (unpaired) electrons. The third kappa shape index (κ3) is 1.22. The number of hydrogen-bond acceptors (Lipinski definition) is 2. The van der Waals surface area contributed by atoms with Crippen LogP contribution in [0.5, 0.6) is 0 Å². The van der Waals surface area contributed by atoms with Gasteiger partial charge in [-0.2, -0.15) is 0 Å². The molecule has 0 saturated heterocycles. The van der Waals surface area contributed by atoms with Crippen LogP contribution in [0.25, 0.3) is 11.0 Å². The van der Waals surface area contributed by atoms with Crippen LogP contribution < -0.4 is 10.3 Å². The second-order valence-electron chi connectivity index (χ2n) is 2.70. The van der Waals surface area contributed by atoms with Gasteiger partial charge < -0.3 is 10.2 Å². The number of nitrogens with one attached hydrogen (secondary N) is 1. The maximum Gasteiger partial charge on any atom is 0.352 e. The van der Waals surface area contributed by atoms with Crippen LogP contribution in [0.1, 0.15) is 0 Å². The van der Waals surface area contributed by atoms with Crippen LogP contribution in [-0.4, -0.2) is 4.98 Å². The number of H-pyrrole nitrogens is 1. The van der Waals surface area contributed by atoms with Crippen LogP contribution in [-0.2, 0) is 0 Å². The Bertz CT molecular complexity index is 567. The lowest BCUT2D eigenvalue weighted by atomic mass is 10.3. The molecule has 0 bridgehead atoms. The van der Waals surface area contributed by atoms with Gasteiger partial charge in [0.1, 0.15) is 11.3 Å². The Morgan fingerprint density at radius 3 is 2.93 bits per heavy atom. The van der Waals surface area contributed by atoms with Gasteiger partial charge in [-0.3, -0.25) is 4.79 Å². The molecule has 1 N–H and O–H groups in total. The lowest BCUT2D eigenvalue weighted by Crippen LogP contribution is -2.35. The summed E-state index contributed by atoms with van der Waals surface area (Å²) in [6.07, 6.45) is 0. The summed E-state index contributed by atoms with van der Waals surface area (Å²) in [6.45, 7) is 0. The monoisotopic (exact) mass is 214 g/mol. The Morgan fingerprint density at radius 2 is 2.21 bits per heavy atom. The van der Waals surface area contributed by atoms with Crippen LogP contribution in [0.3, 0.4) is 0 Å². The van der Waals surface area contributed by atoms with E-state index in [9.17, 15) is 14.4 Å². The van der Waals surface area contributed by atoms with Gasteiger partial charge in [0, 0.05) is 6.07 Å². The minimum absolute atomic E-state index is 0.00500. The molecule has 1 aromatic carbocycles. The number of fused-ring (bicyclic) bond motifs is 1. The fraction of sp³-hybridized carbons (Fsp3) is 0. The van der Waals surface area contributed by atoms with Gasteiger partial charge in [0.15, 0.2) is 0 Å². The summed E-state index contributed by atoms with van der Waals surface area (Å²) in [7, 11) is 0. The zero-order valence-electron chi connectivity index (χ0n) is 6.75. The maximum atomic E-state index is 12.8. The molecule has 0 unspecified atom stereocenters. The molecule has 6 heteroatoms. The van der Waals surface area contributed by atoms with Gasteiger partial charge >= 0.3 is 10.7 Å². The summed E-state index contributed by atoms with van der Waals surface area (Å²) in [5.74, 6) is -0.565. The standard InChI is InChI=1S/C8H4ClFN2O2/c9-7-8(13)11-5-2-1-4(10)3-6(5)12(7)14/h1-3H,(H,11,13). The minimum Gasteiger partial charge on any atom is -0.617 e. The van der Waals surface area contributed by atoms with Gasteiger partial charge in [-0.25, -0.2) is 4.39 Å². The number of benzene rings is 1. The molecule has 2 aromatic rings. The summed E-state index contributed by atoms with van der Waals surface area (Å²) in [4.78, 5) is 13.4. The van der Waals surface area contributed by atoms with Crippen molar-refractivity contribution in [3.05, 3.63) is 44.7 Å². The molecule has 0 aliphatic carbocycles. The highest BCUT2D eigenvalue weighted by Gasteiger charge is 2.13. The molecule has 0 aliphatic rings. The van der Waals surface area contributed by atoms with Crippen LogP contribution in [0.4, 0.5) is 4.39 Å². The number of rotatable bonds is 0. The molecule has 2 rings (SSSR count). The van der Waals surface area contributed by atoms with E-state index < -0.39 is 16.5 Å². The highest BCUT2D eigenvalue weighted by molar-refractivity contribution is 6.28. The average Bonchev–Trinajstić information content (AvgIpc) is 2.16. The molecule has 0 saturated carbocycles. The Labute approximate surface area is 82.1 Å². The molecule has 0 aliphatic heterocycles. The van der Waals surface area contributed by atoms with E-state index in [4.69, 9.17) is 11.6 Å². The minimum atomic E-state index is -0.694. The first-order valence-electron chi connectivity index (χ1n) is 3.70. The zero-order valence-corrected chi connectivity index (χ0v) is 7.51. The van der Waals surface area contributed by atoms with Crippen molar-refractivity contribution >= 4 is 22.6 Å². The number of halogens is 2. The molecule has 0 fully saturated rings. The molecule has 0 amide bonds. The summed E-state index contributed by atoms with van der Waals surface area (Å²) in [5, 5.41) is 10.8. The maximum absolute atomic E-state index is 12.8. The van der Waals surface area contributed by atoms with E-state index >= 15 is 0 Å². The van der Waals surface area contributed by atoms with Crippen molar-refractivity contribution in [3.8, 4) is 0 Å². The van der Waals surface area contributed by atoms with Crippen molar-refractivity contribution in [1.29, 1.82) is 0 Å². The van der Waals surface area contributed by atoms with Gasteiger partial charge in [0.2, 0.25) is 5.52 Å². The van der Waals surface area contributed by atoms with Gasteiger partial charge in [-0.1, -0.05) is 0 Å². The van der Waals surface area contributed by atoms with Gasteiger partial charge in [0.05, 0.1) is 0 Å². The summed E-state index contributed by atoms with van der Waals surface area (Å²) in [6, 6.07) is 3.45. The number of nitrogens with zero attached hydrogens (tertiary/aromatic N) is 1. The molecule has 4 nitrogen and oxygen atoms in total. The van der Waals surface area contributed by atoms with E-state index in [1.807, 2.05) is 0 Å². The number of aromatic amines is 1. The lowest BCUT2D eigenvalue weighted by molar-refractivity contribution is -0.575. The Kier molecular flexibility index (Phi) is 1.89. The van der Waals surface area contributed by atoms with Crippen molar-refractivity contribution in [3.63, 3.8) is 0 Å². The summed E-state index contributed by atoms with van der Waals surface area (Å²) < 4.78 is 13.0. The summed E-state index contributed by atoms with van der Waals surface area (Å²) >= 11 is 5.39. The molecule has 1 heterocycles. The van der Waals surface area contributed by atoms with Crippen molar-refractivity contribution in [2.24, 2.45) is 0 Å². The van der Waals surface area contributed by atoms with Crippen molar-refractivity contribution in [1.82, 2.24) is 4.98 Å². The largest absolute Gasteiger partial charge is 0.617 e. The quantitative estimate of drug-likeness (QED) is 0.524. The molecule has 1 aromatic heterocycles. The Hall–Kier alpha value is -1.62. The second kappa shape index (κ2) is 2.95. The van der Waals surface area contributed by atoms with E-state index in [1.54, 1.807) is 0 Å². The molecule has 72 valence electrons. The van der Waals surface area contributed by atoms with Crippen LogP contribution in [0.15, 0.2) is 23.0 Å². The predicted octanol–water partition coefficient (Wildman–Crippen LogP) is 0.954. The number of aromatic nitrogens is 2. The van der Waals surface area contributed by atoms with Crippen LogP contribution >= 0.6 is 11.6 Å². The average molecular weight is 215 g/mol. The zero-order chi connectivity index (χ0) is 10.3. The van der Waals surface area contributed by atoms with E-state index in [-0.39, 0.29) is 15.8 Å². The Morgan fingerprint density at radius 1 is 1.50 bits per heavy atom.